The molecule has 0 radical (unpaired) electrons. The van der Waals surface area contributed by atoms with Gasteiger partial charge in [-0.15, -0.1) is 0 Å². The van der Waals surface area contributed by atoms with Gasteiger partial charge in [-0.2, -0.15) is 4.98 Å². The van der Waals surface area contributed by atoms with Crippen molar-refractivity contribution in [3.63, 3.8) is 0 Å². The molecule has 0 unspecified atom stereocenters. The Hall–Kier alpha value is -4.77. The molecule has 2 amide bonds. The van der Waals surface area contributed by atoms with Gasteiger partial charge in [-0.1, -0.05) is 57.4 Å². The summed E-state index contributed by atoms with van der Waals surface area (Å²) < 4.78 is 1.59. The van der Waals surface area contributed by atoms with Crippen LogP contribution in [0.5, 0.6) is 0 Å². The number of nitrogens with zero attached hydrogens (tertiary/aromatic N) is 5. The minimum Gasteiger partial charge on any atom is -0.369 e. The van der Waals surface area contributed by atoms with E-state index in [1.807, 2.05) is 31.2 Å². The number of anilines is 4. The second kappa shape index (κ2) is 20.0. The first-order valence-corrected chi connectivity index (χ1v) is 24.7. The number of carbonyl (C=O) groups excluding carboxylic acids is 2. The third-order valence-electron chi connectivity index (χ3n) is 15.1. The van der Waals surface area contributed by atoms with E-state index in [0.717, 1.165) is 92.8 Å². The lowest BCUT2D eigenvalue weighted by Gasteiger charge is -2.56. The predicted octanol–water partition coefficient (Wildman–Crippen LogP) is 9.93. The van der Waals surface area contributed by atoms with E-state index in [4.69, 9.17) is 4.98 Å². The van der Waals surface area contributed by atoms with Crippen LogP contribution in [0, 0.1) is 36.0 Å². The Bertz CT molecular complexity index is 2220. The van der Waals surface area contributed by atoms with Crippen molar-refractivity contribution >= 4 is 45.9 Å². The number of amides is 2. The lowest BCUT2D eigenvalue weighted by Crippen LogP contribution is -2.48. The summed E-state index contributed by atoms with van der Waals surface area (Å²) in [5.41, 5.74) is 4.87. The Morgan fingerprint density at radius 2 is 1.40 bits per heavy atom. The number of carbonyl (C=O) groups is 2. The number of fused-ring (bicyclic) bond motifs is 1. The average Bonchev–Trinajstić information content (AvgIpc) is 4.12. The van der Waals surface area contributed by atoms with E-state index < -0.39 is 0 Å². The minimum atomic E-state index is -0.191. The Labute approximate surface area is 374 Å². The van der Waals surface area contributed by atoms with E-state index in [0.29, 0.717) is 34.3 Å². The lowest BCUT2D eigenvalue weighted by molar-refractivity contribution is -0.129. The molecule has 11 heteroatoms. The van der Waals surface area contributed by atoms with Crippen LogP contribution in [0.4, 0.5) is 23.0 Å². The van der Waals surface area contributed by atoms with Crippen LogP contribution < -0.4 is 26.4 Å². The molecule has 6 aliphatic rings. The topological polar surface area (TPSA) is 124 Å². The fourth-order valence-electron chi connectivity index (χ4n) is 12.0. The highest BCUT2D eigenvalue weighted by atomic mass is 16.2. The Morgan fingerprint density at radius 1 is 0.746 bits per heavy atom. The molecule has 2 aromatic heterocycles. The van der Waals surface area contributed by atoms with Crippen LogP contribution >= 0.6 is 0 Å². The largest absolute Gasteiger partial charge is 0.369 e. The van der Waals surface area contributed by atoms with E-state index in [-0.39, 0.29) is 17.4 Å². The predicted molar refractivity (Wildman–Crippen MR) is 254 cm³/mol. The van der Waals surface area contributed by atoms with E-state index >= 15 is 0 Å². The molecule has 1 aliphatic heterocycles. The summed E-state index contributed by atoms with van der Waals surface area (Å²) in [5.74, 6) is 3.62. The van der Waals surface area contributed by atoms with Crippen molar-refractivity contribution in [1.82, 2.24) is 24.8 Å². The molecule has 4 aromatic rings. The second-order valence-electron chi connectivity index (χ2n) is 20.2. The SMILES string of the molecule is Cc1cc(=O)n(-c2cccc(NC(=O)C3CC3)c2)c2nc(Nc3ccc(N4CCN(CCCCCCCCCCCCNC(=O)CC56CC7CC(CC(C7)C5)C6)CC4)cc3)ncc12. The molecule has 5 saturated carbocycles. The molecule has 3 N–H and O–H groups in total. The lowest BCUT2D eigenvalue weighted by atomic mass is 9.49. The van der Waals surface area contributed by atoms with Gasteiger partial charge < -0.3 is 20.9 Å². The normalized spacial score (nSPS) is 23.0. The summed E-state index contributed by atoms with van der Waals surface area (Å²) in [6.07, 6.45) is 25.7. The standard InChI is InChI=1S/C52H70N8O3/c1-37-27-48(62)60(45-14-12-13-43(31-45)55-50(63)41-15-16-41)49-46(37)36-54-51(57-49)56-42-17-19-44(20-18-42)59-25-23-58(24-26-59)22-11-9-7-5-3-2-4-6-8-10-21-53-47(61)35-52-32-38-28-39(33-52)30-40(29-38)34-52/h12-14,17-20,27,31,36,38-41H,2-11,15-16,21-26,28-30,32-35H2,1H3,(H,53,61)(H,55,63)(H,54,56,57). The van der Waals surface area contributed by atoms with Crippen LogP contribution in [0.1, 0.15) is 128 Å². The fourth-order valence-corrected chi connectivity index (χ4v) is 12.0. The quantitative estimate of drug-likeness (QED) is 0.0708. The fraction of sp³-hybridized carbons (Fsp3) is 0.596. The van der Waals surface area contributed by atoms with Crippen molar-refractivity contribution in [3.05, 3.63) is 76.7 Å². The van der Waals surface area contributed by atoms with Gasteiger partial charge in [0.2, 0.25) is 17.8 Å². The highest BCUT2D eigenvalue weighted by molar-refractivity contribution is 5.94. The monoisotopic (exact) mass is 855 g/mol. The number of rotatable bonds is 21. The van der Waals surface area contributed by atoms with Crippen molar-refractivity contribution in [1.29, 1.82) is 0 Å². The first kappa shape index (κ1) is 43.5. The molecular weight excluding hydrogens is 785 g/mol. The molecule has 0 spiro atoms. The molecule has 1 saturated heterocycles. The number of piperazine rings is 1. The van der Waals surface area contributed by atoms with E-state index in [1.54, 1.807) is 16.8 Å². The molecule has 4 bridgehead atoms. The van der Waals surface area contributed by atoms with Gasteiger partial charge in [-0.3, -0.25) is 23.9 Å². The van der Waals surface area contributed by atoms with Crippen molar-refractivity contribution in [2.75, 3.05) is 54.8 Å². The summed E-state index contributed by atoms with van der Waals surface area (Å²) in [7, 11) is 0. The van der Waals surface area contributed by atoms with Crippen LogP contribution in [0.25, 0.3) is 16.7 Å². The summed E-state index contributed by atoms with van der Waals surface area (Å²) in [5, 5.41) is 10.4. The Kier molecular flexibility index (Phi) is 13.8. The summed E-state index contributed by atoms with van der Waals surface area (Å²) in [6.45, 7) is 8.19. The van der Waals surface area contributed by atoms with E-state index in [2.05, 4.69) is 55.0 Å². The summed E-state index contributed by atoms with van der Waals surface area (Å²) in [6, 6.07) is 17.4. The van der Waals surface area contributed by atoms with Crippen molar-refractivity contribution < 1.29 is 9.59 Å². The summed E-state index contributed by atoms with van der Waals surface area (Å²) >= 11 is 0. The number of unbranched alkanes of at least 4 members (excludes halogenated alkanes) is 9. The third kappa shape index (κ3) is 11.1. The molecule has 6 fully saturated rings. The number of aromatic nitrogens is 3. The summed E-state index contributed by atoms with van der Waals surface area (Å²) in [4.78, 5) is 53.1. The van der Waals surface area contributed by atoms with Crippen LogP contribution in [-0.4, -0.2) is 70.5 Å². The zero-order chi connectivity index (χ0) is 43.2. The van der Waals surface area contributed by atoms with Gasteiger partial charge in [-0.05, 0) is 149 Å². The van der Waals surface area contributed by atoms with Crippen LogP contribution in [0.2, 0.25) is 0 Å². The zero-order valence-electron chi connectivity index (χ0n) is 37.7. The first-order chi connectivity index (χ1) is 30.8. The molecule has 63 heavy (non-hydrogen) atoms. The highest BCUT2D eigenvalue weighted by Crippen LogP contribution is 2.61. The van der Waals surface area contributed by atoms with Crippen molar-refractivity contribution in [2.45, 2.75) is 129 Å². The van der Waals surface area contributed by atoms with Gasteiger partial charge in [-0.25, -0.2) is 4.98 Å². The maximum absolute atomic E-state index is 13.4. The average molecular weight is 855 g/mol. The number of benzene rings is 2. The number of hydrogen-bond donors (Lipinski definition) is 3. The molecular formula is C52H70N8O3. The number of pyridine rings is 1. The maximum Gasteiger partial charge on any atom is 0.257 e. The third-order valence-corrected chi connectivity index (χ3v) is 15.1. The van der Waals surface area contributed by atoms with Crippen molar-refractivity contribution in [3.8, 4) is 5.69 Å². The molecule has 11 nitrogen and oxygen atoms in total. The van der Waals surface area contributed by atoms with Crippen LogP contribution in [-0.2, 0) is 9.59 Å². The number of nitrogens with one attached hydrogen (secondary N) is 3. The first-order valence-electron chi connectivity index (χ1n) is 24.7. The van der Waals surface area contributed by atoms with Gasteiger partial charge in [0.05, 0.1) is 5.69 Å². The molecule has 2 aromatic carbocycles. The van der Waals surface area contributed by atoms with Gasteiger partial charge in [0.1, 0.15) is 0 Å². The van der Waals surface area contributed by atoms with Crippen LogP contribution in [0.3, 0.4) is 0 Å². The van der Waals surface area contributed by atoms with E-state index in [1.165, 1.54) is 109 Å². The highest BCUT2D eigenvalue weighted by Gasteiger charge is 2.51. The molecule has 336 valence electrons. The molecule has 3 heterocycles. The van der Waals surface area contributed by atoms with Crippen LogP contribution in [0.15, 0.2) is 65.6 Å². The van der Waals surface area contributed by atoms with Gasteiger partial charge in [0.25, 0.3) is 5.56 Å². The van der Waals surface area contributed by atoms with Gasteiger partial charge in [0.15, 0.2) is 5.65 Å². The van der Waals surface area contributed by atoms with E-state index in [9.17, 15) is 14.4 Å². The van der Waals surface area contributed by atoms with Gasteiger partial charge in [0, 0.05) is 79.8 Å². The zero-order valence-corrected chi connectivity index (χ0v) is 37.7. The molecule has 5 aliphatic carbocycles. The Morgan fingerprint density at radius 3 is 2.06 bits per heavy atom. The molecule has 10 rings (SSSR count). The minimum absolute atomic E-state index is 0.0246. The molecule has 0 atom stereocenters. The maximum atomic E-state index is 13.4. The van der Waals surface area contributed by atoms with Crippen molar-refractivity contribution in [2.24, 2.45) is 29.1 Å². The Balaban J connectivity index is 0.635. The number of hydrogen-bond acceptors (Lipinski definition) is 8. The second-order valence-corrected chi connectivity index (χ2v) is 20.2. The smallest absolute Gasteiger partial charge is 0.257 e. The number of aryl methyl sites for hydroxylation is 1. The van der Waals surface area contributed by atoms with Gasteiger partial charge >= 0.3 is 0 Å².